The van der Waals surface area contributed by atoms with E-state index in [2.05, 4.69) is 5.32 Å². The van der Waals surface area contributed by atoms with E-state index in [9.17, 15) is 18.0 Å². The normalized spacial score (nSPS) is 12.0. The van der Waals surface area contributed by atoms with Crippen molar-refractivity contribution in [1.82, 2.24) is 10.2 Å². The van der Waals surface area contributed by atoms with Crippen molar-refractivity contribution >= 4 is 27.5 Å². The van der Waals surface area contributed by atoms with Gasteiger partial charge in [-0.05, 0) is 62.9 Å². The molecule has 8 heteroatoms. The maximum Gasteiger partial charge on any atom is 0.264 e. The number of sulfonamides is 1. The van der Waals surface area contributed by atoms with Crippen molar-refractivity contribution in [2.24, 2.45) is 0 Å². The van der Waals surface area contributed by atoms with Crippen molar-refractivity contribution in [3.8, 4) is 0 Å². The number of hydrogen-bond donors (Lipinski definition) is 1. The Morgan fingerprint density at radius 3 is 2.00 bits per heavy atom. The Balaban J connectivity index is 2.05. The third-order valence-corrected chi connectivity index (χ3v) is 8.45. The average molecular weight is 550 g/mol. The van der Waals surface area contributed by atoms with Gasteiger partial charge >= 0.3 is 0 Å². The van der Waals surface area contributed by atoms with Crippen LogP contribution in [0.2, 0.25) is 0 Å². The van der Waals surface area contributed by atoms with E-state index in [1.54, 1.807) is 36.4 Å². The number of nitrogens with one attached hydrogen (secondary N) is 1. The van der Waals surface area contributed by atoms with E-state index in [1.165, 1.54) is 4.90 Å². The van der Waals surface area contributed by atoms with E-state index < -0.39 is 28.5 Å². The summed E-state index contributed by atoms with van der Waals surface area (Å²) in [7, 11) is -4.08. The van der Waals surface area contributed by atoms with Crippen LogP contribution in [0.5, 0.6) is 0 Å². The highest BCUT2D eigenvalue weighted by atomic mass is 32.2. The molecule has 0 heterocycles. The van der Waals surface area contributed by atoms with Gasteiger partial charge < -0.3 is 10.2 Å². The van der Waals surface area contributed by atoms with E-state index in [0.717, 1.165) is 33.0 Å². The Hall–Kier alpha value is -3.65. The van der Waals surface area contributed by atoms with Gasteiger partial charge in [0.1, 0.15) is 12.6 Å². The second-order valence-electron chi connectivity index (χ2n) is 9.83. The van der Waals surface area contributed by atoms with Gasteiger partial charge in [0.25, 0.3) is 10.0 Å². The van der Waals surface area contributed by atoms with Gasteiger partial charge in [-0.3, -0.25) is 13.9 Å². The van der Waals surface area contributed by atoms with E-state index in [1.807, 2.05) is 71.0 Å². The van der Waals surface area contributed by atoms with Crippen molar-refractivity contribution in [1.29, 1.82) is 0 Å². The number of carbonyl (C=O) groups excluding carboxylic acids is 2. The van der Waals surface area contributed by atoms with Crippen LogP contribution in [0, 0.1) is 20.8 Å². The molecule has 0 aliphatic carbocycles. The zero-order chi connectivity index (χ0) is 28.6. The second-order valence-corrected chi connectivity index (χ2v) is 11.7. The molecule has 0 aromatic heterocycles. The molecule has 3 rings (SSSR count). The highest BCUT2D eigenvalue weighted by Gasteiger charge is 2.34. The van der Waals surface area contributed by atoms with Crippen LogP contribution < -0.4 is 9.62 Å². The van der Waals surface area contributed by atoms with E-state index in [0.29, 0.717) is 18.7 Å². The molecular formula is C31H39N3O4S. The monoisotopic (exact) mass is 549 g/mol. The molecular weight excluding hydrogens is 510 g/mol. The Labute approximate surface area is 232 Å². The summed E-state index contributed by atoms with van der Waals surface area (Å²) in [6, 6.07) is 20.7. The van der Waals surface area contributed by atoms with Gasteiger partial charge in [-0.1, -0.05) is 79.6 Å². The Bertz CT molecular complexity index is 1370. The summed E-state index contributed by atoms with van der Waals surface area (Å²) in [6.45, 7) is 9.74. The molecule has 3 aromatic rings. The van der Waals surface area contributed by atoms with Crippen LogP contribution in [-0.4, -0.2) is 44.3 Å². The largest absolute Gasteiger partial charge is 0.354 e. The average Bonchev–Trinajstić information content (AvgIpc) is 2.92. The maximum atomic E-state index is 14.1. The summed E-state index contributed by atoms with van der Waals surface area (Å²) in [6.07, 6.45) is 1.16. The maximum absolute atomic E-state index is 14.1. The number of amides is 2. The number of benzene rings is 3. The van der Waals surface area contributed by atoms with Gasteiger partial charge in [-0.2, -0.15) is 0 Å². The van der Waals surface area contributed by atoms with Crippen LogP contribution in [-0.2, 0) is 26.2 Å². The van der Waals surface area contributed by atoms with E-state index in [4.69, 9.17) is 0 Å². The topological polar surface area (TPSA) is 86.8 Å². The smallest absolute Gasteiger partial charge is 0.264 e. The van der Waals surface area contributed by atoms with Crippen molar-refractivity contribution in [2.45, 2.75) is 64.9 Å². The summed E-state index contributed by atoms with van der Waals surface area (Å²) in [4.78, 5) is 28.8. The first-order valence-corrected chi connectivity index (χ1v) is 14.8. The van der Waals surface area contributed by atoms with Crippen LogP contribution in [0.4, 0.5) is 5.69 Å². The van der Waals surface area contributed by atoms with Gasteiger partial charge in [0.2, 0.25) is 11.8 Å². The fourth-order valence-corrected chi connectivity index (χ4v) is 5.85. The first-order chi connectivity index (χ1) is 18.6. The van der Waals surface area contributed by atoms with Crippen LogP contribution in [0.1, 0.15) is 48.9 Å². The summed E-state index contributed by atoms with van der Waals surface area (Å²) >= 11 is 0. The summed E-state index contributed by atoms with van der Waals surface area (Å²) < 4.78 is 29.0. The molecule has 0 saturated heterocycles. The lowest BCUT2D eigenvalue weighted by Gasteiger charge is -2.33. The molecule has 39 heavy (non-hydrogen) atoms. The molecule has 0 aliphatic heterocycles. The minimum Gasteiger partial charge on any atom is -0.354 e. The summed E-state index contributed by atoms with van der Waals surface area (Å²) in [5, 5.41) is 2.90. The van der Waals surface area contributed by atoms with Crippen LogP contribution >= 0.6 is 0 Å². The molecule has 0 radical (unpaired) electrons. The lowest BCUT2D eigenvalue weighted by Crippen LogP contribution is -2.52. The lowest BCUT2D eigenvalue weighted by atomic mass is 10.1. The lowest BCUT2D eigenvalue weighted by molar-refractivity contribution is -0.140. The molecule has 0 saturated carbocycles. The molecule has 1 N–H and O–H groups in total. The molecule has 0 bridgehead atoms. The van der Waals surface area contributed by atoms with Gasteiger partial charge in [0.15, 0.2) is 0 Å². The molecule has 1 atom stereocenters. The number of hydrogen-bond acceptors (Lipinski definition) is 4. The van der Waals surface area contributed by atoms with Gasteiger partial charge in [0, 0.05) is 13.1 Å². The highest BCUT2D eigenvalue weighted by molar-refractivity contribution is 7.92. The van der Waals surface area contributed by atoms with Crippen LogP contribution in [0.25, 0.3) is 0 Å². The number of nitrogens with zero attached hydrogens (tertiary/aromatic N) is 2. The van der Waals surface area contributed by atoms with Gasteiger partial charge in [-0.15, -0.1) is 0 Å². The molecule has 7 nitrogen and oxygen atoms in total. The predicted octanol–water partition coefficient (Wildman–Crippen LogP) is 5.14. The number of carbonyl (C=O) groups is 2. The number of anilines is 1. The fourth-order valence-electron chi connectivity index (χ4n) is 4.37. The van der Waals surface area contributed by atoms with E-state index in [-0.39, 0.29) is 17.3 Å². The fraction of sp³-hybridized carbons (Fsp3) is 0.355. The zero-order valence-electron chi connectivity index (χ0n) is 23.5. The molecule has 3 aromatic carbocycles. The SMILES string of the molecule is CCCNC(=O)[C@@H](CC)N(Cc1ccc(C)cc1)C(=O)CN(c1ccccc1C)S(=O)(=O)c1ccc(C)cc1. The highest BCUT2D eigenvalue weighted by Crippen LogP contribution is 2.27. The Morgan fingerprint density at radius 2 is 1.44 bits per heavy atom. The van der Waals surface area contributed by atoms with Gasteiger partial charge in [-0.25, -0.2) is 8.42 Å². The molecule has 0 aliphatic rings. The minimum absolute atomic E-state index is 0.0990. The second kappa shape index (κ2) is 13.4. The van der Waals surface area contributed by atoms with Crippen LogP contribution in [0.3, 0.4) is 0 Å². The van der Waals surface area contributed by atoms with Crippen molar-refractivity contribution in [2.75, 3.05) is 17.4 Å². The minimum atomic E-state index is -4.08. The molecule has 208 valence electrons. The first-order valence-electron chi connectivity index (χ1n) is 13.4. The van der Waals surface area contributed by atoms with Crippen LogP contribution in [0.15, 0.2) is 77.7 Å². The Kier molecular flexibility index (Phi) is 10.3. The number of aryl methyl sites for hydroxylation is 3. The number of para-hydroxylation sites is 1. The summed E-state index contributed by atoms with van der Waals surface area (Å²) in [5.41, 5.74) is 4.02. The summed E-state index contributed by atoms with van der Waals surface area (Å²) in [5.74, 6) is -0.698. The third-order valence-electron chi connectivity index (χ3n) is 6.68. The van der Waals surface area contributed by atoms with Gasteiger partial charge in [0.05, 0.1) is 10.6 Å². The third kappa shape index (κ3) is 7.47. The number of rotatable bonds is 12. The first kappa shape index (κ1) is 29.9. The molecule has 0 unspecified atom stereocenters. The Morgan fingerprint density at radius 1 is 0.846 bits per heavy atom. The molecule has 2 amide bonds. The quantitative estimate of drug-likeness (QED) is 0.339. The van der Waals surface area contributed by atoms with Crippen molar-refractivity contribution in [3.05, 3.63) is 95.1 Å². The van der Waals surface area contributed by atoms with Crippen molar-refractivity contribution < 1.29 is 18.0 Å². The molecule has 0 spiro atoms. The predicted molar refractivity (Wildman–Crippen MR) is 156 cm³/mol. The molecule has 0 fully saturated rings. The van der Waals surface area contributed by atoms with Crippen molar-refractivity contribution in [3.63, 3.8) is 0 Å². The van der Waals surface area contributed by atoms with E-state index >= 15 is 0 Å². The standard InChI is InChI=1S/C31H39N3O4S/c1-6-20-32-31(36)28(7-2)33(21-26-16-12-23(3)13-17-26)30(35)22-34(29-11-9-8-10-25(29)5)39(37,38)27-18-14-24(4)15-19-27/h8-19,28H,6-7,20-22H2,1-5H3,(H,32,36)/t28-/m1/s1. The zero-order valence-corrected chi connectivity index (χ0v) is 24.3.